The minimum Gasteiger partial charge on any atom is -0.382 e. The number of alkyl halides is 3. The third-order valence-electron chi connectivity index (χ3n) is 4.94. The van der Waals surface area contributed by atoms with Crippen LogP contribution in [-0.2, 0) is 11.2 Å². The first-order chi connectivity index (χ1) is 16.9. The van der Waals surface area contributed by atoms with Gasteiger partial charge in [0.2, 0.25) is 0 Å². The summed E-state index contributed by atoms with van der Waals surface area (Å²) in [6.45, 7) is 0.205. The average Bonchev–Trinajstić information content (AvgIpc) is 2.81. The summed E-state index contributed by atoms with van der Waals surface area (Å²) < 4.78 is 64.1. The number of nitrogens with one attached hydrogen (secondary N) is 2. The van der Waals surface area contributed by atoms with Gasteiger partial charge in [0.25, 0.3) is 11.8 Å². The number of nitrogens with two attached hydrogens (primary N) is 1. The lowest BCUT2D eigenvalue weighted by Crippen LogP contribution is -2.34. The minimum absolute atomic E-state index is 0.145. The highest BCUT2D eigenvalue weighted by atomic mass is 19.4. The van der Waals surface area contributed by atoms with Gasteiger partial charge in [-0.05, 0) is 41.8 Å². The number of hydrogen-bond donors (Lipinski definition) is 4. The molecule has 1 aromatic heterocycles. The highest BCUT2D eigenvalue weighted by Gasteiger charge is 2.29. The molecule has 0 bridgehead atoms. The Hall–Kier alpha value is -4.13. The van der Waals surface area contributed by atoms with Crippen molar-refractivity contribution in [1.82, 2.24) is 15.3 Å². The van der Waals surface area contributed by atoms with Gasteiger partial charge >= 0.3 is 6.18 Å². The molecular weight excluding hydrogens is 489 g/mol. The molecule has 0 aliphatic rings. The number of hydrogen-bond acceptors (Lipinski definition) is 6. The Morgan fingerprint density at radius 2 is 1.78 bits per heavy atom. The Balaban J connectivity index is 1.83. The SMILES string of the molecule is CCc1cc(NC(=O)[C@H](O)c2cc(F)cc(F)c2)ccc1-c1cnc(N)c(C(=O)NCC(F)(F)F)n1. The van der Waals surface area contributed by atoms with Crippen molar-refractivity contribution in [3.05, 3.63) is 71.1 Å². The zero-order chi connectivity index (χ0) is 26.6. The van der Waals surface area contributed by atoms with Crippen LogP contribution in [-0.4, -0.2) is 39.6 Å². The maximum Gasteiger partial charge on any atom is 0.405 e. The van der Waals surface area contributed by atoms with Gasteiger partial charge in [0, 0.05) is 17.3 Å². The number of rotatable bonds is 7. The number of aromatic nitrogens is 2. The average molecular weight is 509 g/mol. The molecule has 3 aromatic rings. The Labute approximate surface area is 201 Å². The molecule has 36 heavy (non-hydrogen) atoms. The highest BCUT2D eigenvalue weighted by Crippen LogP contribution is 2.27. The fourth-order valence-electron chi connectivity index (χ4n) is 3.27. The third kappa shape index (κ3) is 6.50. The number of anilines is 2. The smallest absolute Gasteiger partial charge is 0.382 e. The maximum absolute atomic E-state index is 13.4. The molecule has 0 fully saturated rings. The van der Waals surface area contributed by atoms with Crippen LogP contribution in [0.4, 0.5) is 33.5 Å². The molecule has 0 saturated carbocycles. The number of halogens is 5. The minimum atomic E-state index is -4.62. The van der Waals surface area contributed by atoms with Gasteiger partial charge < -0.3 is 21.5 Å². The van der Waals surface area contributed by atoms with Crippen LogP contribution in [0.5, 0.6) is 0 Å². The summed E-state index contributed by atoms with van der Waals surface area (Å²) in [4.78, 5) is 32.5. The van der Waals surface area contributed by atoms with Crippen LogP contribution in [0.15, 0.2) is 42.6 Å². The molecule has 13 heteroatoms. The first kappa shape index (κ1) is 26.5. The number of benzene rings is 2. The first-order valence-corrected chi connectivity index (χ1v) is 10.4. The van der Waals surface area contributed by atoms with Crippen molar-refractivity contribution in [2.75, 3.05) is 17.6 Å². The second kappa shape index (κ2) is 10.6. The van der Waals surface area contributed by atoms with Crippen molar-refractivity contribution in [1.29, 1.82) is 0 Å². The van der Waals surface area contributed by atoms with Crippen LogP contribution >= 0.6 is 0 Å². The first-order valence-electron chi connectivity index (χ1n) is 10.4. The van der Waals surface area contributed by atoms with E-state index in [9.17, 15) is 36.6 Å². The molecule has 0 saturated heterocycles. The summed E-state index contributed by atoms with van der Waals surface area (Å²) in [5.41, 5.74) is 6.30. The predicted molar refractivity (Wildman–Crippen MR) is 120 cm³/mol. The van der Waals surface area contributed by atoms with Crippen molar-refractivity contribution in [2.45, 2.75) is 25.6 Å². The molecule has 1 atom stereocenters. The van der Waals surface area contributed by atoms with E-state index in [2.05, 4.69) is 15.3 Å². The summed E-state index contributed by atoms with van der Waals surface area (Å²) in [6, 6.07) is 6.75. The molecule has 2 aromatic carbocycles. The fourth-order valence-corrected chi connectivity index (χ4v) is 3.27. The largest absolute Gasteiger partial charge is 0.405 e. The van der Waals surface area contributed by atoms with E-state index in [0.717, 1.165) is 12.1 Å². The van der Waals surface area contributed by atoms with E-state index in [1.54, 1.807) is 12.2 Å². The number of amides is 2. The van der Waals surface area contributed by atoms with Crippen LogP contribution in [0.1, 0.15) is 34.6 Å². The summed E-state index contributed by atoms with van der Waals surface area (Å²) in [6.07, 6.45) is -4.83. The van der Waals surface area contributed by atoms with Crippen LogP contribution < -0.4 is 16.4 Å². The maximum atomic E-state index is 13.4. The van der Waals surface area contributed by atoms with Gasteiger partial charge in [-0.15, -0.1) is 0 Å². The molecule has 1 heterocycles. The Bertz CT molecular complexity index is 1280. The Morgan fingerprint density at radius 1 is 1.11 bits per heavy atom. The van der Waals surface area contributed by atoms with E-state index in [1.807, 2.05) is 0 Å². The van der Waals surface area contributed by atoms with Gasteiger partial charge in [-0.25, -0.2) is 18.7 Å². The van der Waals surface area contributed by atoms with E-state index >= 15 is 0 Å². The van der Waals surface area contributed by atoms with Gasteiger partial charge in [-0.1, -0.05) is 13.0 Å². The lowest BCUT2D eigenvalue weighted by molar-refractivity contribution is -0.124. The van der Waals surface area contributed by atoms with Crippen molar-refractivity contribution in [3.63, 3.8) is 0 Å². The quantitative estimate of drug-likeness (QED) is 0.361. The van der Waals surface area contributed by atoms with Gasteiger partial charge in [-0.2, -0.15) is 13.2 Å². The molecule has 0 aliphatic heterocycles. The van der Waals surface area contributed by atoms with Crippen molar-refractivity contribution < 1.29 is 36.6 Å². The van der Waals surface area contributed by atoms with Gasteiger partial charge in [0.05, 0.1) is 11.9 Å². The van der Waals surface area contributed by atoms with E-state index < -0.39 is 48.0 Å². The van der Waals surface area contributed by atoms with Crippen molar-refractivity contribution in [3.8, 4) is 11.3 Å². The third-order valence-corrected chi connectivity index (χ3v) is 4.94. The number of carbonyl (C=O) groups is 2. The number of nitrogen functional groups attached to an aromatic ring is 1. The topological polar surface area (TPSA) is 130 Å². The summed E-state index contributed by atoms with van der Waals surface area (Å²) in [7, 11) is 0. The van der Waals surface area contributed by atoms with Crippen LogP contribution in [0.2, 0.25) is 0 Å². The van der Waals surface area contributed by atoms with Gasteiger partial charge in [0.1, 0.15) is 18.2 Å². The van der Waals surface area contributed by atoms with Gasteiger partial charge in [0.15, 0.2) is 17.6 Å². The molecule has 0 spiro atoms. The second-order valence-corrected chi connectivity index (χ2v) is 7.61. The predicted octanol–water partition coefficient (Wildman–Crippen LogP) is 3.53. The monoisotopic (exact) mass is 509 g/mol. The molecule has 0 unspecified atom stereocenters. The second-order valence-electron chi connectivity index (χ2n) is 7.61. The molecule has 0 aliphatic carbocycles. The number of carbonyl (C=O) groups excluding carboxylic acids is 2. The number of aliphatic hydroxyl groups is 1. The Kier molecular flexibility index (Phi) is 7.83. The van der Waals surface area contributed by atoms with E-state index in [1.165, 1.54) is 24.4 Å². The molecule has 190 valence electrons. The van der Waals surface area contributed by atoms with Crippen LogP contribution in [0, 0.1) is 11.6 Å². The van der Waals surface area contributed by atoms with E-state index in [-0.39, 0.29) is 22.8 Å². The lowest BCUT2D eigenvalue weighted by atomic mass is 10.0. The van der Waals surface area contributed by atoms with Crippen molar-refractivity contribution >= 4 is 23.3 Å². The van der Waals surface area contributed by atoms with Gasteiger partial charge in [-0.3, -0.25) is 9.59 Å². The van der Waals surface area contributed by atoms with Crippen LogP contribution in [0.25, 0.3) is 11.3 Å². The molecule has 3 rings (SSSR count). The Morgan fingerprint density at radius 3 is 2.39 bits per heavy atom. The molecular formula is C23H20F5N5O3. The van der Waals surface area contributed by atoms with Crippen LogP contribution in [0.3, 0.4) is 0 Å². The summed E-state index contributed by atoms with van der Waals surface area (Å²) >= 11 is 0. The zero-order valence-electron chi connectivity index (χ0n) is 18.7. The number of nitrogens with zero attached hydrogens (tertiary/aromatic N) is 2. The number of aryl methyl sites for hydroxylation is 1. The molecule has 2 amide bonds. The van der Waals surface area contributed by atoms with Crippen molar-refractivity contribution in [2.24, 2.45) is 0 Å². The summed E-state index contributed by atoms with van der Waals surface area (Å²) in [5, 5.41) is 14.3. The van der Waals surface area contributed by atoms with E-state index in [0.29, 0.717) is 23.6 Å². The number of aliphatic hydroxyl groups excluding tert-OH is 1. The molecule has 8 nitrogen and oxygen atoms in total. The molecule has 0 radical (unpaired) electrons. The van der Waals surface area contributed by atoms with E-state index in [4.69, 9.17) is 5.73 Å². The normalized spacial score (nSPS) is 12.2. The summed E-state index contributed by atoms with van der Waals surface area (Å²) in [5.74, 6) is -4.35. The zero-order valence-corrected chi connectivity index (χ0v) is 18.7. The molecule has 5 N–H and O–H groups in total. The highest BCUT2D eigenvalue weighted by molar-refractivity contribution is 5.97. The fraction of sp³-hybridized carbons (Fsp3) is 0.217. The standard InChI is InChI=1S/C23H20F5N5O3/c1-2-11-7-15(32-22(36)19(34)12-5-13(24)8-14(25)6-12)3-4-16(11)17-9-30-20(29)18(33-17)21(35)31-10-23(26,27)28/h3-9,19,34H,2,10H2,1H3,(H2,29,30)(H,31,35)(H,32,36)/t19-/m1/s1. The lowest BCUT2D eigenvalue weighted by Gasteiger charge is -2.15.